The fourth-order valence-corrected chi connectivity index (χ4v) is 3.54. The summed E-state index contributed by atoms with van der Waals surface area (Å²) < 4.78 is 22.0. The number of carbonyl (C=O) groups excluding carboxylic acids is 2. The fourth-order valence-electron chi connectivity index (χ4n) is 2.92. The number of hydrogen-bond acceptors (Lipinski definition) is 7. The van der Waals surface area contributed by atoms with Crippen molar-refractivity contribution >= 4 is 80.4 Å². The maximum atomic E-state index is 14.6. The lowest BCUT2D eigenvalue weighted by atomic mass is 10.1. The number of amides is 3. The first-order chi connectivity index (χ1) is 16.7. The molecule has 0 aliphatic carbocycles. The van der Waals surface area contributed by atoms with E-state index < -0.39 is 11.7 Å². The van der Waals surface area contributed by atoms with Gasteiger partial charge in [-0.2, -0.15) is 0 Å². The molecule has 0 atom stereocenters. The lowest BCUT2D eigenvalue weighted by molar-refractivity contribution is -0.111. The zero-order valence-electron chi connectivity index (χ0n) is 18.4. The number of aromatic nitrogens is 2. The fraction of sp³-hybridized carbons (Fsp3) is 0.182. The van der Waals surface area contributed by atoms with Crippen LogP contribution in [0.5, 0.6) is 5.75 Å². The molecular weight excluding hydrogens is 563 g/mol. The molecule has 3 aromatic rings. The maximum Gasteiger partial charge on any atom is 0.327 e. The minimum Gasteiger partial charge on any atom is -0.489 e. The third-order valence-electron chi connectivity index (χ3n) is 4.59. The third-order valence-corrected chi connectivity index (χ3v) is 6.23. The van der Waals surface area contributed by atoms with Gasteiger partial charge < -0.3 is 20.7 Å². The highest BCUT2D eigenvalue weighted by Gasteiger charge is 2.16. The molecule has 0 radical (unpaired) electrons. The Bertz CT molecular complexity index is 1280. The SMILES string of the molecule is C=CC(=O)Nc1cc2c(Nc3ccc(Br)c(Cl)c3F)ncnc2cc1OCCN(S)C(=O)NCC. The molecule has 184 valence electrons. The first-order valence-electron chi connectivity index (χ1n) is 10.2. The van der Waals surface area contributed by atoms with Gasteiger partial charge in [-0.15, -0.1) is 0 Å². The van der Waals surface area contributed by atoms with E-state index in [1.54, 1.807) is 25.1 Å². The molecule has 0 aliphatic heterocycles. The number of benzene rings is 2. The molecule has 0 unspecified atom stereocenters. The van der Waals surface area contributed by atoms with Crippen molar-refractivity contribution in [1.82, 2.24) is 19.6 Å². The molecule has 0 aliphatic rings. The van der Waals surface area contributed by atoms with Crippen LogP contribution in [-0.2, 0) is 4.79 Å². The van der Waals surface area contributed by atoms with Crippen LogP contribution in [0.1, 0.15) is 6.92 Å². The largest absolute Gasteiger partial charge is 0.489 e. The molecule has 0 bridgehead atoms. The van der Waals surface area contributed by atoms with Crippen LogP contribution in [0.25, 0.3) is 10.9 Å². The lowest BCUT2D eigenvalue weighted by Crippen LogP contribution is -2.36. The molecule has 0 fully saturated rings. The minimum atomic E-state index is -0.656. The van der Waals surface area contributed by atoms with Crippen molar-refractivity contribution in [3.63, 3.8) is 0 Å². The third kappa shape index (κ3) is 6.53. The van der Waals surface area contributed by atoms with E-state index in [0.717, 1.165) is 6.08 Å². The molecule has 1 heterocycles. The first-order valence-corrected chi connectivity index (χ1v) is 11.8. The van der Waals surface area contributed by atoms with Crippen molar-refractivity contribution in [2.75, 3.05) is 30.3 Å². The predicted molar refractivity (Wildman–Crippen MR) is 141 cm³/mol. The number of hydrogen-bond donors (Lipinski definition) is 4. The van der Waals surface area contributed by atoms with E-state index in [1.165, 1.54) is 16.7 Å². The van der Waals surface area contributed by atoms with E-state index in [4.69, 9.17) is 16.3 Å². The Morgan fingerprint density at radius 2 is 2.09 bits per heavy atom. The number of thiol groups is 1. The highest BCUT2D eigenvalue weighted by Crippen LogP contribution is 2.35. The molecule has 2 aromatic carbocycles. The topological polar surface area (TPSA) is 108 Å². The van der Waals surface area contributed by atoms with Crippen LogP contribution in [0.15, 0.2) is 47.7 Å². The molecule has 1 aromatic heterocycles. The van der Waals surface area contributed by atoms with Crippen LogP contribution in [0.3, 0.4) is 0 Å². The van der Waals surface area contributed by atoms with Crippen LogP contribution in [0.2, 0.25) is 5.02 Å². The van der Waals surface area contributed by atoms with Crippen molar-refractivity contribution in [3.8, 4) is 5.75 Å². The van der Waals surface area contributed by atoms with E-state index >= 15 is 0 Å². The second-order valence-electron chi connectivity index (χ2n) is 6.94. The number of halogens is 3. The van der Waals surface area contributed by atoms with Crippen LogP contribution in [0, 0.1) is 5.82 Å². The van der Waals surface area contributed by atoms with Gasteiger partial charge in [0, 0.05) is 22.5 Å². The van der Waals surface area contributed by atoms with Crippen molar-refractivity contribution in [3.05, 3.63) is 58.6 Å². The molecule has 35 heavy (non-hydrogen) atoms. The summed E-state index contributed by atoms with van der Waals surface area (Å²) in [6.07, 6.45) is 2.41. The number of fused-ring (bicyclic) bond motifs is 1. The standard InChI is InChI=1S/C22H21BrClFN6O3S/c1-3-18(32)29-16-9-12-15(10-17(16)34-8-7-31(35)22(33)26-4-2)27-11-28-21(12)30-14-6-5-13(23)19(24)20(14)25/h3,5-6,9-11,35H,1,4,7-8H2,2H3,(H,26,33)(H,29,32)(H,27,28,30). The summed E-state index contributed by atoms with van der Waals surface area (Å²) in [6.45, 7) is 5.97. The number of urea groups is 1. The zero-order valence-corrected chi connectivity index (χ0v) is 21.7. The van der Waals surface area contributed by atoms with E-state index in [2.05, 4.69) is 61.2 Å². The van der Waals surface area contributed by atoms with Gasteiger partial charge in [-0.05, 0) is 47.1 Å². The highest BCUT2D eigenvalue weighted by molar-refractivity contribution is 9.10. The Morgan fingerprint density at radius 3 is 2.80 bits per heavy atom. The normalized spacial score (nSPS) is 10.5. The van der Waals surface area contributed by atoms with E-state index in [9.17, 15) is 14.0 Å². The average molecular weight is 584 g/mol. The van der Waals surface area contributed by atoms with Crippen LogP contribution in [-0.4, -0.2) is 45.9 Å². The summed E-state index contributed by atoms with van der Waals surface area (Å²) in [5.41, 5.74) is 0.872. The molecule has 3 rings (SSSR count). The summed E-state index contributed by atoms with van der Waals surface area (Å²) in [5.74, 6) is -0.542. The summed E-state index contributed by atoms with van der Waals surface area (Å²) in [5, 5.41) is 8.62. The van der Waals surface area contributed by atoms with Crippen molar-refractivity contribution in [2.45, 2.75) is 6.92 Å². The Labute approximate surface area is 219 Å². The Morgan fingerprint density at radius 1 is 1.31 bits per heavy atom. The van der Waals surface area contributed by atoms with Gasteiger partial charge in [-0.25, -0.2) is 19.2 Å². The van der Waals surface area contributed by atoms with Gasteiger partial charge in [0.2, 0.25) is 5.91 Å². The van der Waals surface area contributed by atoms with Gasteiger partial charge in [0.05, 0.1) is 28.5 Å². The van der Waals surface area contributed by atoms with E-state index in [0.29, 0.717) is 33.4 Å². The van der Waals surface area contributed by atoms with Crippen LogP contribution in [0.4, 0.5) is 26.4 Å². The molecule has 0 spiro atoms. The van der Waals surface area contributed by atoms with E-state index in [1.807, 2.05) is 0 Å². The molecular formula is C22H21BrClFN6O3S. The van der Waals surface area contributed by atoms with Gasteiger partial charge in [0.1, 0.15) is 24.5 Å². The number of anilines is 3. The Balaban J connectivity index is 1.93. The number of nitrogens with zero attached hydrogens (tertiary/aromatic N) is 3. The van der Waals surface area contributed by atoms with Gasteiger partial charge in [0.15, 0.2) is 5.82 Å². The molecule has 9 nitrogen and oxygen atoms in total. The van der Waals surface area contributed by atoms with Crippen molar-refractivity contribution < 1.29 is 18.7 Å². The van der Waals surface area contributed by atoms with Gasteiger partial charge in [0.25, 0.3) is 0 Å². The van der Waals surface area contributed by atoms with Crippen LogP contribution >= 0.6 is 40.3 Å². The Hall–Kier alpha value is -3.09. The molecule has 3 N–H and O–H groups in total. The number of ether oxygens (including phenoxy) is 1. The molecule has 13 heteroatoms. The lowest BCUT2D eigenvalue weighted by Gasteiger charge is -2.18. The second kappa shape index (κ2) is 12.0. The average Bonchev–Trinajstić information content (AvgIpc) is 2.84. The number of carbonyl (C=O) groups is 2. The quantitative estimate of drug-likeness (QED) is 0.155. The first kappa shape index (κ1) is 26.5. The molecule has 3 amide bonds. The number of rotatable bonds is 9. The van der Waals surface area contributed by atoms with Crippen molar-refractivity contribution in [1.29, 1.82) is 0 Å². The summed E-state index contributed by atoms with van der Waals surface area (Å²) in [7, 11) is 0. The predicted octanol–water partition coefficient (Wildman–Crippen LogP) is 5.31. The maximum absolute atomic E-state index is 14.6. The number of nitrogens with one attached hydrogen (secondary N) is 3. The molecule has 0 saturated carbocycles. The molecule has 0 saturated heterocycles. The summed E-state index contributed by atoms with van der Waals surface area (Å²) in [6, 6.07) is 5.94. The van der Waals surface area contributed by atoms with Gasteiger partial charge in [-0.1, -0.05) is 31.0 Å². The van der Waals surface area contributed by atoms with E-state index in [-0.39, 0.29) is 35.7 Å². The van der Waals surface area contributed by atoms with Gasteiger partial charge in [-0.3, -0.25) is 9.10 Å². The highest BCUT2D eigenvalue weighted by atomic mass is 79.9. The second-order valence-corrected chi connectivity index (χ2v) is 8.65. The Kier molecular flexibility index (Phi) is 9.13. The summed E-state index contributed by atoms with van der Waals surface area (Å²) >= 11 is 13.3. The minimum absolute atomic E-state index is 0.0752. The monoisotopic (exact) mass is 582 g/mol. The summed E-state index contributed by atoms with van der Waals surface area (Å²) in [4.78, 5) is 32.3. The smallest absolute Gasteiger partial charge is 0.327 e. The van der Waals surface area contributed by atoms with Crippen LogP contribution < -0.4 is 20.7 Å². The zero-order chi connectivity index (χ0) is 25.5. The van der Waals surface area contributed by atoms with Gasteiger partial charge >= 0.3 is 6.03 Å². The van der Waals surface area contributed by atoms with Crippen molar-refractivity contribution in [2.24, 2.45) is 0 Å².